The lowest BCUT2D eigenvalue weighted by Crippen LogP contribution is -2.27. The molecule has 2 aromatic heterocycles. The van der Waals surface area contributed by atoms with Gasteiger partial charge in [-0.1, -0.05) is 6.08 Å². The van der Waals surface area contributed by atoms with E-state index in [1.807, 2.05) is 32.1 Å². The summed E-state index contributed by atoms with van der Waals surface area (Å²) in [6.45, 7) is 4.13. The fourth-order valence-corrected chi connectivity index (χ4v) is 3.69. The van der Waals surface area contributed by atoms with Crippen LogP contribution in [0.25, 0.3) is 39.0 Å². The van der Waals surface area contributed by atoms with Crippen LogP contribution in [0.3, 0.4) is 0 Å². The molecule has 4 aromatic rings. The minimum absolute atomic E-state index is 0.157. The van der Waals surface area contributed by atoms with E-state index in [0.29, 0.717) is 44.4 Å². The van der Waals surface area contributed by atoms with Crippen LogP contribution in [0.5, 0.6) is 17.2 Å². The number of benzene rings is 2. The van der Waals surface area contributed by atoms with Crippen LogP contribution in [0, 0.1) is 0 Å². The third-order valence-corrected chi connectivity index (χ3v) is 4.98. The molecule has 4 heterocycles. The first-order chi connectivity index (χ1) is 13.0. The molecule has 0 atom stereocenters. The first-order valence-electron chi connectivity index (χ1n) is 8.63. The van der Waals surface area contributed by atoms with E-state index in [2.05, 4.69) is 0 Å². The van der Waals surface area contributed by atoms with Gasteiger partial charge in [-0.3, -0.25) is 0 Å². The highest BCUT2D eigenvalue weighted by Gasteiger charge is 2.25. The summed E-state index contributed by atoms with van der Waals surface area (Å²) in [5.74, 6) is 1.91. The van der Waals surface area contributed by atoms with Crippen molar-refractivity contribution in [3.63, 3.8) is 0 Å². The zero-order valence-electron chi connectivity index (χ0n) is 14.6. The minimum atomic E-state index is -0.448. The van der Waals surface area contributed by atoms with Crippen LogP contribution in [0.2, 0.25) is 0 Å². The molecule has 27 heavy (non-hydrogen) atoms. The number of ether oxygens (including phenoxy) is 3. The summed E-state index contributed by atoms with van der Waals surface area (Å²) >= 11 is 0. The zero-order chi connectivity index (χ0) is 18.3. The Kier molecular flexibility index (Phi) is 2.54. The third kappa shape index (κ3) is 1.98. The van der Waals surface area contributed by atoms with Crippen molar-refractivity contribution in [3.05, 3.63) is 46.3 Å². The number of fused-ring (bicyclic) bond motifs is 7. The molecule has 6 rings (SSSR count). The molecule has 2 aliphatic heterocycles. The number of hydrogen-bond donors (Lipinski definition) is 0. The number of rotatable bonds is 0. The first kappa shape index (κ1) is 14.7. The summed E-state index contributed by atoms with van der Waals surface area (Å²) in [6, 6.07) is 7.16. The molecule has 2 aromatic carbocycles. The molecule has 0 radical (unpaired) electrons. The van der Waals surface area contributed by atoms with Crippen molar-refractivity contribution in [2.45, 2.75) is 19.4 Å². The molecule has 0 saturated carbocycles. The maximum atomic E-state index is 12.7. The largest absolute Gasteiger partial charge is 0.483 e. The average molecular weight is 362 g/mol. The van der Waals surface area contributed by atoms with Crippen LogP contribution in [0.1, 0.15) is 19.4 Å². The summed E-state index contributed by atoms with van der Waals surface area (Å²) in [5, 5.41) is 1.72. The van der Waals surface area contributed by atoms with Crippen molar-refractivity contribution in [1.29, 1.82) is 0 Å². The predicted octanol–water partition coefficient (Wildman–Crippen LogP) is 4.61. The van der Waals surface area contributed by atoms with E-state index in [0.717, 1.165) is 11.3 Å². The highest BCUT2D eigenvalue weighted by atomic mass is 16.7. The molecule has 134 valence electrons. The Labute approximate surface area is 152 Å². The van der Waals surface area contributed by atoms with Crippen molar-refractivity contribution in [2.75, 3.05) is 6.79 Å². The maximum Gasteiger partial charge on any atom is 0.348 e. The fraction of sp³-hybridized carbons (Fsp3) is 0.190. The molecule has 0 N–H and O–H groups in total. The summed E-state index contributed by atoms with van der Waals surface area (Å²) in [4.78, 5) is 12.7. The van der Waals surface area contributed by atoms with Crippen LogP contribution >= 0.6 is 0 Å². The Hall–Kier alpha value is -3.41. The van der Waals surface area contributed by atoms with Crippen LogP contribution < -0.4 is 19.8 Å². The molecular formula is C21H14O6. The van der Waals surface area contributed by atoms with E-state index >= 15 is 0 Å². The third-order valence-electron chi connectivity index (χ3n) is 4.98. The molecule has 0 bridgehead atoms. The monoisotopic (exact) mass is 362 g/mol. The lowest BCUT2D eigenvalue weighted by Gasteiger charge is -2.27. The van der Waals surface area contributed by atoms with Gasteiger partial charge in [-0.15, -0.1) is 0 Å². The van der Waals surface area contributed by atoms with Crippen molar-refractivity contribution < 1.29 is 23.0 Å². The summed E-state index contributed by atoms with van der Waals surface area (Å²) in [5.41, 5.74) is 1.49. The van der Waals surface area contributed by atoms with Gasteiger partial charge in [0.25, 0.3) is 0 Å². The van der Waals surface area contributed by atoms with E-state index in [-0.39, 0.29) is 6.79 Å². The fourth-order valence-electron chi connectivity index (χ4n) is 3.69. The van der Waals surface area contributed by atoms with Crippen LogP contribution in [0.4, 0.5) is 0 Å². The van der Waals surface area contributed by atoms with Gasteiger partial charge in [-0.25, -0.2) is 4.79 Å². The van der Waals surface area contributed by atoms with Crippen molar-refractivity contribution >= 4 is 39.0 Å². The van der Waals surface area contributed by atoms with E-state index in [4.69, 9.17) is 23.0 Å². The number of hydrogen-bond acceptors (Lipinski definition) is 6. The van der Waals surface area contributed by atoms with Crippen molar-refractivity contribution in [3.8, 4) is 17.2 Å². The van der Waals surface area contributed by atoms with E-state index < -0.39 is 11.2 Å². The molecule has 0 spiro atoms. The second-order valence-corrected chi connectivity index (χ2v) is 7.32. The lowest BCUT2D eigenvalue weighted by atomic mass is 10.0. The van der Waals surface area contributed by atoms with Gasteiger partial charge in [0.2, 0.25) is 6.79 Å². The van der Waals surface area contributed by atoms with E-state index in [9.17, 15) is 4.79 Å². The highest BCUT2D eigenvalue weighted by molar-refractivity contribution is 6.14. The minimum Gasteiger partial charge on any atom is -0.483 e. The molecule has 0 fully saturated rings. The second kappa shape index (κ2) is 4.65. The van der Waals surface area contributed by atoms with Gasteiger partial charge in [0.15, 0.2) is 17.1 Å². The van der Waals surface area contributed by atoms with Crippen molar-refractivity contribution in [2.24, 2.45) is 0 Å². The first-order valence-corrected chi connectivity index (χ1v) is 8.63. The van der Waals surface area contributed by atoms with Gasteiger partial charge >= 0.3 is 5.63 Å². The van der Waals surface area contributed by atoms with Crippen molar-refractivity contribution in [1.82, 2.24) is 0 Å². The second-order valence-electron chi connectivity index (χ2n) is 7.32. The Morgan fingerprint density at radius 1 is 0.889 bits per heavy atom. The van der Waals surface area contributed by atoms with Gasteiger partial charge in [-0.05, 0) is 38.1 Å². The Morgan fingerprint density at radius 2 is 1.63 bits per heavy atom. The quantitative estimate of drug-likeness (QED) is 0.426. The van der Waals surface area contributed by atoms with Crippen LogP contribution in [-0.2, 0) is 0 Å². The van der Waals surface area contributed by atoms with Gasteiger partial charge in [0, 0.05) is 17.0 Å². The molecule has 6 nitrogen and oxygen atoms in total. The van der Waals surface area contributed by atoms with E-state index in [1.54, 1.807) is 18.2 Å². The van der Waals surface area contributed by atoms with Crippen LogP contribution in [0.15, 0.2) is 44.0 Å². The van der Waals surface area contributed by atoms with Gasteiger partial charge in [-0.2, -0.15) is 0 Å². The summed E-state index contributed by atoms with van der Waals surface area (Å²) in [7, 11) is 0. The molecule has 0 unspecified atom stereocenters. The molecule has 0 amide bonds. The Balaban J connectivity index is 1.73. The highest BCUT2D eigenvalue weighted by Crippen LogP contribution is 2.42. The molecule has 6 heteroatoms. The van der Waals surface area contributed by atoms with Gasteiger partial charge < -0.3 is 23.0 Å². The smallest absolute Gasteiger partial charge is 0.348 e. The van der Waals surface area contributed by atoms with Gasteiger partial charge in [0.1, 0.15) is 27.9 Å². The Morgan fingerprint density at radius 3 is 2.48 bits per heavy atom. The SMILES string of the molecule is CC1(C)C=Cc2cc3oc(=O)c4c5cc6c(cc5oc4c3cc2O1)OCO6. The lowest BCUT2D eigenvalue weighted by molar-refractivity contribution is 0.159. The summed E-state index contributed by atoms with van der Waals surface area (Å²) < 4.78 is 28.5. The topological polar surface area (TPSA) is 71.0 Å². The molecule has 0 saturated heterocycles. The maximum absolute atomic E-state index is 12.7. The summed E-state index contributed by atoms with van der Waals surface area (Å²) in [6.07, 6.45) is 3.95. The Bertz CT molecular complexity index is 1370. The molecule has 2 aliphatic rings. The van der Waals surface area contributed by atoms with Crippen LogP contribution in [-0.4, -0.2) is 12.4 Å². The van der Waals surface area contributed by atoms with E-state index in [1.165, 1.54) is 0 Å². The normalized spacial score (nSPS) is 16.8. The zero-order valence-corrected chi connectivity index (χ0v) is 14.6. The standard InChI is InChI=1S/C21H14O6/c1-21(2)4-3-10-5-14-12(7-13(10)27-21)19-18(20(22)26-14)11-6-16-17(24-9-23-16)8-15(11)25-19/h3-8H,9H2,1-2H3. The average Bonchev–Trinajstić information content (AvgIpc) is 3.22. The predicted molar refractivity (Wildman–Crippen MR) is 99.6 cm³/mol. The molecular weight excluding hydrogens is 348 g/mol. The number of furan rings is 1. The van der Waals surface area contributed by atoms with Gasteiger partial charge in [0.05, 0.1) is 5.39 Å². The molecule has 0 aliphatic carbocycles.